The molecule has 0 heterocycles. The van der Waals surface area contributed by atoms with E-state index in [-0.39, 0.29) is 5.91 Å². The number of anilines is 1. The molecule has 22 heavy (non-hydrogen) atoms. The molecular formula is C17H18BrN3O. The van der Waals surface area contributed by atoms with Crippen molar-refractivity contribution in [3.05, 3.63) is 63.6 Å². The van der Waals surface area contributed by atoms with Gasteiger partial charge in [-0.2, -0.15) is 5.10 Å². The van der Waals surface area contributed by atoms with Crippen LogP contribution in [0.25, 0.3) is 0 Å². The number of aryl methyl sites for hydroxylation is 1. The summed E-state index contributed by atoms with van der Waals surface area (Å²) in [4.78, 5) is 14.0. The second-order valence-electron chi connectivity index (χ2n) is 5.12. The van der Waals surface area contributed by atoms with E-state index in [9.17, 15) is 4.79 Å². The molecule has 0 aliphatic rings. The molecule has 0 unspecified atom stereocenters. The van der Waals surface area contributed by atoms with E-state index in [0.717, 1.165) is 21.3 Å². The lowest BCUT2D eigenvalue weighted by Crippen LogP contribution is -2.18. The highest BCUT2D eigenvalue weighted by molar-refractivity contribution is 9.10. The zero-order valence-corrected chi connectivity index (χ0v) is 14.4. The van der Waals surface area contributed by atoms with Gasteiger partial charge in [-0.15, -0.1) is 0 Å². The Morgan fingerprint density at radius 2 is 1.95 bits per heavy atom. The summed E-state index contributed by atoms with van der Waals surface area (Å²) in [6.45, 7) is 1.90. The maximum atomic E-state index is 12.0. The van der Waals surface area contributed by atoms with Crippen molar-refractivity contribution in [1.82, 2.24) is 5.43 Å². The Hall–Kier alpha value is -2.14. The van der Waals surface area contributed by atoms with Gasteiger partial charge in [0, 0.05) is 24.1 Å². The number of halogens is 1. The van der Waals surface area contributed by atoms with Crippen LogP contribution in [0.15, 0.2) is 52.0 Å². The Balaban J connectivity index is 2.05. The van der Waals surface area contributed by atoms with Crippen molar-refractivity contribution in [2.24, 2.45) is 5.10 Å². The molecule has 0 saturated heterocycles. The molecule has 0 saturated carbocycles. The minimum absolute atomic E-state index is 0.210. The van der Waals surface area contributed by atoms with Crippen molar-refractivity contribution in [2.45, 2.75) is 6.92 Å². The minimum Gasteiger partial charge on any atom is -0.377 e. The van der Waals surface area contributed by atoms with Gasteiger partial charge >= 0.3 is 0 Å². The van der Waals surface area contributed by atoms with Crippen molar-refractivity contribution in [3.8, 4) is 0 Å². The smallest absolute Gasteiger partial charge is 0.271 e. The monoisotopic (exact) mass is 359 g/mol. The number of benzene rings is 2. The topological polar surface area (TPSA) is 44.7 Å². The first-order valence-corrected chi connectivity index (χ1v) is 7.64. The van der Waals surface area contributed by atoms with Crippen molar-refractivity contribution in [2.75, 3.05) is 19.0 Å². The van der Waals surface area contributed by atoms with Gasteiger partial charge in [-0.1, -0.05) is 24.3 Å². The molecule has 0 aromatic heterocycles. The Bertz CT molecular complexity index is 711. The molecule has 2 rings (SSSR count). The summed E-state index contributed by atoms with van der Waals surface area (Å²) >= 11 is 3.52. The maximum absolute atomic E-state index is 12.0. The Morgan fingerprint density at radius 3 is 2.59 bits per heavy atom. The van der Waals surface area contributed by atoms with E-state index in [4.69, 9.17) is 0 Å². The molecule has 1 amide bonds. The van der Waals surface area contributed by atoms with Crippen molar-refractivity contribution < 1.29 is 4.79 Å². The molecule has 0 radical (unpaired) electrons. The van der Waals surface area contributed by atoms with Gasteiger partial charge in [-0.25, -0.2) is 5.43 Å². The Kier molecular flexibility index (Phi) is 5.33. The van der Waals surface area contributed by atoms with Crippen LogP contribution in [0.3, 0.4) is 0 Å². The number of hydrazone groups is 1. The van der Waals surface area contributed by atoms with Crippen LogP contribution in [0.5, 0.6) is 0 Å². The fraction of sp³-hybridized carbons (Fsp3) is 0.176. The van der Waals surface area contributed by atoms with Crippen LogP contribution < -0.4 is 10.3 Å². The zero-order valence-electron chi connectivity index (χ0n) is 12.8. The van der Waals surface area contributed by atoms with Gasteiger partial charge in [-0.3, -0.25) is 4.79 Å². The predicted molar refractivity (Wildman–Crippen MR) is 94.7 cm³/mol. The van der Waals surface area contributed by atoms with Crippen LogP contribution in [-0.2, 0) is 0 Å². The lowest BCUT2D eigenvalue weighted by atomic mass is 10.1. The number of carbonyl (C=O) groups is 1. The number of hydrogen-bond acceptors (Lipinski definition) is 3. The van der Waals surface area contributed by atoms with Gasteiger partial charge in [0.1, 0.15) is 0 Å². The summed E-state index contributed by atoms with van der Waals surface area (Å²) < 4.78 is 0.978. The van der Waals surface area contributed by atoms with Crippen LogP contribution in [0.1, 0.15) is 21.5 Å². The fourth-order valence-corrected chi connectivity index (χ4v) is 2.77. The first kappa shape index (κ1) is 16.2. The predicted octanol–water partition coefficient (Wildman–Crippen LogP) is 3.59. The van der Waals surface area contributed by atoms with E-state index in [2.05, 4.69) is 26.5 Å². The largest absolute Gasteiger partial charge is 0.377 e. The highest BCUT2D eigenvalue weighted by Crippen LogP contribution is 2.25. The molecule has 2 aromatic rings. The SMILES string of the molecule is Cc1ccccc1C(=O)N/N=C/c1ccc(N(C)C)c(Br)c1. The van der Waals surface area contributed by atoms with E-state index >= 15 is 0 Å². The summed E-state index contributed by atoms with van der Waals surface area (Å²) in [5.74, 6) is -0.210. The van der Waals surface area contributed by atoms with Gasteiger partial charge in [0.15, 0.2) is 0 Å². The zero-order chi connectivity index (χ0) is 16.1. The summed E-state index contributed by atoms with van der Waals surface area (Å²) in [5, 5.41) is 4.02. The lowest BCUT2D eigenvalue weighted by molar-refractivity contribution is 0.0954. The van der Waals surface area contributed by atoms with Crippen LogP contribution in [0.4, 0.5) is 5.69 Å². The highest BCUT2D eigenvalue weighted by Gasteiger charge is 2.06. The molecule has 0 aliphatic carbocycles. The Morgan fingerprint density at radius 1 is 1.23 bits per heavy atom. The molecule has 1 N–H and O–H groups in total. The van der Waals surface area contributed by atoms with Gasteiger partial charge in [0.2, 0.25) is 0 Å². The van der Waals surface area contributed by atoms with Gasteiger partial charge in [0.05, 0.1) is 11.9 Å². The third-order valence-electron chi connectivity index (χ3n) is 3.22. The molecule has 0 fully saturated rings. The first-order valence-electron chi connectivity index (χ1n) is 6.85. The summed E-state index contributed by atoms with van der Waals surface area (Å²) in [6.07, 6.45) is 1.63. The molecule has 114 valence electrons. The summed E-state index contributed by atoms with van der Waals surface area (Å²) in [7, 11) is 3.96. The van der Waals surface area contributed by atoms with Gasteiger partial charge in [-0.05, 0) is 52.2 Å². The minimum atomic E-state index is -0.210. The molecule has 0 atom stereocenters. The molecule has 0 bridgehead atoms. The average molecular weight is 360 g/mol. The number of nitrogens with one attached hydrogen (secondary N) is 1. The number of rotatable bonds is 4. The number of hydrogen-bond donors (Lipinski definition) is 1. The molecule has 4 nitrogen and oxygen atoms in total. The van der Waals surface area contributed by atoms with Crippen LogP contribution in [0.2, 0.25) is 0 Å². The van der Waals surface area contributed by atoms with Crippen LogP contribution in [0, 0.1) is 6.92 Å². The second kappa shape index (κ2) is 7.22. The first-order chi connectivity index (χ1) is 10.5. The second-order valence-corrected chi connectivity index (χ2v) is 5.97. The standard InChI is InChI=1S/C17H18BrN3O/c1-12-6-4-5-7-14(12)17(22)20-19-11-13-8-9-16(21(2)3)15(18)10-13/h4-11H,1-3H3,(H,20,22)/b19-11+. The quantitative estimate of drug-likeness (QED) is 0.669. The molecule has 0 aliphatic heterocycles. The fourth-order valence-electron chi connectivity index (χ4n) is 2.02. The van der Waals surface area contributed by atoms with E-state index in [1.165, 1.54) is 0 Å². The molecule has 0 spiro atoms. The summed E-state index contributed by atoms with van der Waals surface area (Å²) in [6, 6.07) is 13.3. The van der Waals surface area contributed by atoms with E-state index < -0.39 is 0 Å². The van der Waals surface area contributed by atoms with Gasteiger partial charge < -0.3 is 4.90 Å². The third kappa shape index (κ3) is 3.95. The van der Waals surface area contributed by atoms with E-state index in [1.807, 2.05) is 62.3 Å². The van der Waals surface area contributed by atoms with E-state index in [0.29, 0.717) is 5.56 Å². The van der Waals surface area contributed by atoms with Crippen molar-refractivity contribution in [1.29, 1.82) is 0 Å². The average Bonchev–Trinajstić information content (AvgIpc) is 2.47. The molecule has 2 aromatic carbocycles. The number of amides is 1. The third-order valence-corrected chi connectivity index (χ3v) is 3.86. The highest BCUT2D eigenvalue weighted by atomic mass is 79.9. The van der Waals surface area contributed by atoms with Crippen LogP contribution in [-0.4, -0.2) is 26.2 Å². The maximum Gasteiger partial charge on any atom is 0.271 e. The van der Waals surface area contributed by atoms with Crippen molar-refractivity contribution in [3.63, 3.8) is 0 Å². The normalized spacial score (nSPS) is 10.7. The molecular weight excluding hydrogens is 342 g/mol. The van der Waals surface area contributed by atoms with E-state index in [1.54, 1.807) is 12.3 Å². The summed E-state index contributed by atoms with van der Waals surface area (Å²) in [5.41, 5.74) is 6.09. The van der Waals surface area contributed by atoms with Gasteiger partial charge in [0.25, 0.3) is 5.91 Å². The molecule has 5 heteroatoms. The number of carbonyl (C=O) groups excluding carboxylic acids is 1. The Labute approximate surface area is 139 Å². The lowest BCUT2D eigenvalue weighted by Gasteiger charge is -2.14. The van der Waals surface area contributed by atoms with Crippen molar-refractivity contribution >= 4 is 33.7 Å². The van der Waals surface area contributed by atoms with Crippen LogP contribution >= 0.6 is 15.9 Å². The number of nitrogens with zero attached hydrogens (tertiary/aromatic N) is 2.